The Kier molecular flexibility index (Phi) is 4.30. The molecule has 4 nitrogen and oxygen atoms in total. The lowest BCUT2D eigenvalue weighted by Gasteiger charge is -2.34. The van der Waals surface area contributed by atoms with Gasteiger partial charge in [0.15, 0.2) is 5.84 Å². The molecule has 0 radical (unpaired) electrons. The van der Waals surface area contributed by atoms with Gasteiger partial charge in [0.2, 0.25) is 0 Å². The molecule has 0 aromatic heterocycles. The monoisotopic (exact) mass is 261 g/mol. The third-order valence-corrected chi connectivity index (χ3v) is 4.06. The molecule has 1 saturated heterocycles. The van der Waals surface area contributed by atoms with E-state index in [0.29, 0.717) is 0 Å². The molecule has 1 fully saturated rings. The molecule has 0 saturated carbocycles. The summed E-state index contributed by atoms with van der Waals surface area (Å²) < 4.78 is 0. The fourth-order valence-corrected chi connectivity index (χ4v) is 2.82. The minimum atomic E-state index is 0.175. The normalized spacial score (nSPS) is 20.6. The molecule has 0 aliphatic carbocycles. The van der Waals surface area contributed by atoms with E-state index >= 15 is 0 Å². The fourth-order valence-electron chi connectivity index (χ4n) is 2.82. The van der Waals surface area contributed by atoms with Gasteiger partial charge in [-0.05, 0) is 49.4 Å². The topological polar surface area (TPSA) is 61.8 Å². The Morgan fingerprint density at radius 3 is 2.95 bits per heavy atom. The fraction of sp³-hybridized carbons (Fsp3) is 0.533. The number of anilines is 1. The molecule has 0 amide bonds. The van der Waals surface area contributed by atoms with E-state index in [4.69, 9.17) is 10.9 Å². The second-order valence-electron chi connectivity index (χ2n) is 5.35. The number of hydrogen-bond donors (Lipinski definition) is 2. The van der Waals surface area contributed by atoms with Crippen molar-refractivity contribution in [2.45, 2.75) is 33.1 Å². The first-order valence-corrected chi connectivity index (χ1v) is 6.99. The molecule has 104 valence electrons. The Balaban J connectivity index is 2.20. The lowest BCUT2D eigenvalue weighted by atomic mass is 9.95. The molecule has 2 rings (SSSR count). The van der Waals surface area contributed by atoms with Crippen LogP contribution >= 0.6 is 0 Å². The van der Waals surface area contributed by atoms with Gasteiger partial charge in [-0.15, -0.1) is 0 Å². The van der Waals surface area contributed by atoms with Gasteiger partial charge in [-0.2, -0.15) is 0 Å². The predicted molar refractivity (Wildman–Crippen MR) is 78.9 cm³/mol. The number of nitrogens with two attached hydrogens (primary N) is 1. The summed E-state index contributed by atoms with van der Waals surface area (Å²) in [5.41, 5.74) is 8.74. The van der Waals surface area contributed by atoms with E-state index in [1.807, 2.05) is 13.0 Å². The van der Waals surface area contributed by atoms with Crippen LogP contribution in [0.3, 0.4) is 0 Å². The van der Waals surface area contributed by atoms with Gasteiger partial charge < -0.3 is 15.8 Å². The Morgan fingerprint density at radius 1 is 1.53 bits per heavy atom. The average Bonchev–Trinajstić information content (AvgIpc) is 2.46. The Hall–Kier alpha value is -1.71. The van der Waals surface area contributed by atoms with Crippen LogP contribution in [-0.4, -0.2) is 24.1 Å². The van der Waals surface area contributed by atoms with Gasteiger partial charge >= 0.3 is 0 Å². The molecule has 1 aliphatic rings. The summed E-state index contributed by atoms with van der Waals surface area (Å²) in [6, 6.07) is 6.14. The number of benzene rings is 1. The van der Waals surface area contributed by atoms with E-state index in [1.165, 1.54) is 24.9 Å². The molecule has 1 heterocycles. The highest BCUT2D eigenvalue weighted by Crippen LogP contribution is 2.26. The quantitative estimate of drug-likeness (QED) is 0.380. The van der Waals surface area contributed by atoms with Crippen LogP contribution in [0.25, 0.3) is 0 Å². The van der Waals surface area contributed by atoms with Crippen LogP contribution in [0.4, 0.5) is 5.69 Å². The van der Waals surface area contributed by atoms with Crippen LogP contribution in [0.5, 0.6) is 0 Å². The van der Waals surface area contributed by atoms with Crippen molar-refractivity contribution in [3.05, 3.63) is 29.3 Å². The summed E-state index contributed by atoms with van der Waals surface area (Å²) in [4.78, 5) is 2.45. The summed E-state index contributed by atoms with van der Waals surface area (Å²) in [6.45, 7) is 6.52. The van der Waals surface area contributed by atoms with Gasteiger partial charge in [0.05, 0.1) is 0 Å². The molecular formula is C15H23N3O. The number of rotatable bonds is 3. The molecular weight excluding hydrogens is 238 g/mol. The number of oxime groups is 1. The molecule has 1 aromatic carbocycles. The van der Waals surface area contributed by atoms with Gasteiger partial charge in [-0.1, -0.05) is 18.5 Å². The van der Waals surface area contributed by atoms with Crippen molar-refractivity contribution in [3.8, 4) is 0 Å². The molecule has 1 atom stereocenters. The van der Waals surface area contributed by atoms with Crippen molar-refractivity contribution in [3.63, 3.8) is 0 Å². The van der Waals surface area contributed by atoms with Crippen LogP contribution in [-0.2, 0) is 0 Å². The van der Waals surface area contributed by atoms with Crippen LogP contribution in [0, 0.1) is 12.8 Å². The minimum Gasteiger partial charge on any atom is -0.409 e. The smallest absolute Gasteiger partial charge is 0.170 e. The number of amidine groups is 1. The Morgan fingerprint density at radius 2 is 2.32 bits per heavy atom. The highest BCUT2D eigenvalue weighted by molar-refractivity contribution is 5.98. The lowest BCUT2D eigenvalue weighted by Crippen LogP contribution is -2.35. The van der Waals surface area contributed by atoms with Crippen molar-refractivity contribution in [2.24, 2.45) is 16.8 Å². The molecule has 0 spiro atoms. The number of aryl methyl sites for hydroxylation is 1. The van der Waals surface area contributed by atoms with Gasteiger partial charge in [-0.3, -0.25) is 0 Å². The number of nitrogens with zero attached hydrogens (tertiary/aromatic N) is 2. The third-order valence-electron chi connectivity index (χ3n) is 4.06. The Labute approximate surface area is 114 Å². The molecule has 19 heavy (non-hydrogen) atoms. The van der Waals surface area contributed by atoms with Crippen molar-refractivity contribution < 1.29 is 5.21 Å². The van der Waals surface area contributed by atoms with Gasteiger partial charge in [0, 0.05) is 24.3 Å². The van der Waals surface area contributed by atoms with Gasteiger partial charge in [0.1, 0.15) is 0 Å². The van der Waals surface area contributed by atoms with Crippen molar-refractivity contribution in [2.75, 3.05) is 18.0 Å². The van der Waals surface area contributed by atoms with Crippen molar-refractivity contribution in [1.29, 1.82) is 0 Å². The van der Waals surface area contributed by atoms with Crippen molar-refractivity contribution in [1.82, 2.24) is 0 Å². The second-order valence-corrected chi connectivity index (χ2v) is 5.35. The van der Waals surface area contributed by atoms with E-state index < -0.39 is 0 Å². The molecule has 0 bridgehead atoms. The standard InChI is InChI=1S/C15H23N3O/c1-3-12-5-4-8-18(10-12)13-6-7-14(11(2)9-13)15(16)17-19/h6-7,9,12,19H,3-5,8,10H2,1-2H3,(H2,16,17). The highest BCUT2D eigenvalue weighted by atomic mass is 16.4. The van der Waals surface area contributed by atoms with Crippen LogP contribution < -0.4 is 10.6 Å². The summed E-state index contributed by atoms with van der Waals surface area (Å²) in [5, 5.41) is 11.8. The number of piperidine rings is 1. The van der Waals surface area contributed by atoms with E-state index in [-0.39, 0.29) is 5.84 Å². The van der Waals surface area contributed by atoms with Gasteiger partial charge in [-0.25, -0.2) is 0 Å². The van der Waals surface area contributed by atoms with E-state index in [9.17, 15) is 0 Å². The molecule has 1 unspecified atom stereocenters. The predicted octanol–water partition coefficient (Wildman–Crippen LogP) is 2.72. The summed E-state index contributed by atoms with van der Waals surface area (Å²) in [7, 11) is 0. The zero-order valence-electron chi connectivity index (χ0n) is 11.8. The van der Waals surface area contributed by atoms with Crippen LogP contribution in [0.15, 0.2) is 23.4 Å². The molecule has 1 aliphatic heterocycles. The maximum absolute atomic E-state index is 8.75. The first-order chi connectivity index (χ1) is 9.15. The molecule has 4 heteroatoms. The van der Waals surface area contributed by atoms with Crippen LogP contribution in [0.2, 0.25) is 0 Å². The zero-order valence-corrected chi connectivity index (χ0v) is 11.8. The molecule has 3 N–H and O–H groups in total. The second kappa shape index (κ2) is 5.95. The summed E-state index contributed by atoms with van der Waals surface area (Å²) in [5.74, 6) is 0.979. The lowest BCUT2D eigenvalue weighted by molar-refractivity contribution is 0.318. The SMILES string of the molecule is CCC1CCCN(c2ccc(/C(N)=N/O)c(C)c2)C1. The first kappa shape index (κ1) is 13.7. The minimum absolute atomic E-state index is 0.175. The van der Waals surface area contributed by atoms with Crippen molar-refractivity contribution >= 4 is 11.5 Å². The Bertz CT molecular complexity index is 470. The maximum atomic E-state index is 8.75. The van der Waals surface area contributed by atoms with E-state index in [1.54, 1.807) is 0 Å². The largest absolute Gasteiger partial charge is 0.409 e. The third kappa shape index (κ3) is 3.00. The number of hydrogen-bond acceptors (Lipinski definition) is 3. The van der Waals surface area contributed by atoms with Gasteiger partial charge in [0.25, 0.3) is 0 Å². The average molecular weight is 261 g/mol. The van der Waals surface area contributed by atoms with Crippen LogP contribution in [0.1, 0.15) is 37.3 Å². The highest BCUT2D eigenvalue weighted by Gasteiger charge is 2.19. The van der Waals surface area contributed by atoms with E-state index in [0.717, 1.165) is 30.1 Å². The molecule has 1 aromatic rings. The van der Waals surface area contributed by atoms with E-state index in [2.05, 4.69) is 29.1 Å². The summed E-state index contributed by atoms with van der Waals surface area (Å²) >= 11 is 0. The first-order valence-electron chi connectivity index (χ1n) is 6.99. The zero-order chi connectivity index (χ0) is 13.8. The maximum Gasteiger partial charge on any atom is 0.170 e. The summed E-state index contributed by atoms with van der Waals surface area (Å²) in [6.07, 6.45) is 3.85.